The molecule has 6 nitrogen and oxygen atoms in total. The summed E-state index contributed by atoms with van der Waals surface area (Å²) in [6.07, 6.45) is 1.74. The minimum atomic E-state index is 0.000408. The molecule has 6 heteroatoms. The molecule has 0 saturated carbocycles. The van der Waals surface area contributed by atoms with Gasteiger partial charge >= 0.3 is 6.03 Å². The summed E-state index contributed by atoms with van der Waals surface area (Å²) < 4.78 is 5.33. The van der Waals surface area contributed by atoms with Crippen LogP contribution in [-0.4, -0.2) is 79.5 Å². The van der Waals surface area contributed by atoms with Crippen molar-refractivity contribution in [1.29, 1.82) is 0 Å². The summed E-state index contributed by atoms with van der Waals surface area (Å²) in [4.78, 5) is 16.5. The van der Waals surface area contributed by atoms with Crippen LogP contribution < -0.4 is 0 Å². The molecule has 3 rings (SSSR count). The topological polar surface area (TPSA) is 48.4 Å². The quantitative estimate of drug-likeness (QED) is 0.765. The van der Waals surface area contributed by atoms with Crippen LogP contribution in [0, 0.1) is 0 Å². The first-order valence-electron chi connectivity index (χ1n) is 7.78. The second-order valence-corrected chi connectivity index (χ2v) is 5.50. The Kier molecular flexibility index (Phi) is 5.03. The number of carbonyl (C=O) groups is 1. The van der Waals surface area contributed by atoms with E-state index in [1.165, 1.54) is 0 Å². The van der Waals surface area contributed by atoms with E-state index in [2.05, 4.69) is 10.0 Å². The van der Waals surface area contributed by atoms with Crippen molar-refractivity contribution in [3.63, 3.8) is 0 Å². The zero-order valence-electron chi connectivity index (χ0n) is 12.7. The van der Waals surface area contributed by atoms with Crippen LogP contribution >= 0.6 is 0 Å². The number of amides is 2. The molecule has 2 amide bonds. The van der Waals surface area contributed by atoms with Crippen LogP contribution in [0.1, 0.15) is 5.56 Å². The molecule has 1 aromatic rings. The molecule has 0 radical (unpaired) electrons. The van der Waals surface area contributed by atoms with Crippen LogP contribution in [0.4, 0.5) is 4.79 Å². The number of hydrogen-bond donors (Lipinski definition) is 0. The minimum Gasteiger partial charge on any atom is -0.379 e. The number of urea groups is 1. The third-order valence-corrected chi connectivity index (χ3v) is 4.01. The predicted octanol–water partition coefficient (Wildman–Crippen LogP) is 1.09. The molecule has 2 aliphatic heterocycles. The van der Waals surface area contributed by atoms with Gasteiger partial charge in [-0.1, -0.05) is 30.3 Å². The van der Waals surface area contributed by atoms with Crippen LogP contribution in [-0.2, 0) is 4.74 Å². The highest BCUT2D eigenvalue weighted by molar-refractivity contribution is 5.82. The molecule has 118 valence electrons. The zero-order valence-corrected chi connectivity index (χ0v) is 12.7. The summed E-state index contributed by atoms with van der Waals surface area (Å²) in [5.41, 5.74) is 1.00. The van der Waals surface area contributed by atoms with E-state index in [9.17, 15) is 4.79 Å². The standard InChI is InChI=1S/C16H22N4O2/c21-16-19(7-6-18-10-12-22-13-11-18)8-9-20(16)17-14-15-4-2-1-3-5-15/h1-5,14H,6-13H2/b17-14+. The van der Waals surface area contributed by atoms with E-state index in [0.29, 0.717) is 6.54 Å². The number of hydrazone groups is 1. The summed E-state index contributed by atoms with van der Waals surface area (Å²) >= 11 is 0. The first-order chi connectivity index (χ1) is 10.8. The Labute approximate surface area is 130 Å². The SMILES string of the molecule is O=C1N(CCN2CCOCC2)CCN1/N=C/c1ccccc1. The van der Waals surface area contributed by atoms with Crippen LogP contribution in [0.2, 0.25) is 0 Å². The number of morpholine rings is 1. The first-order valence-corrected chi connectivity index (χ1v) is 7.78. The Morgan fingerprint density at radius 1 is 1.05 bits per heavy atom. The van der Waals surface area contributed by atoms with Gasteiger partial charge in [-0.25, -0.2) is 9.80 Å². The highest BCUT2D eigenvalue weighted by Crippen LogP contribution is 2.09. The highest BCUT2D eigenvalue weighted by Gasteiger charge is 2.28. The van der Waals surface area contributed by atoms with Gasteiger partial charge in [0, 0.05) is 32.7 Å². The van der Waals surface area contributed by atoms with Gasteiger partial charge < -0.3 is 9.64 Å². The molecule has 0 atom stereocenters. The molecule has 0 aromatic heterocycles. The van der Waals surface area contributed by atoms with Gasteiger partial charge in [-0.2, -0.15) is 5.10 Å². The van der Waals surface area contributed by atoms with Crippen LogP contribution in [0.5, 0.6) is 0 Å². The normalized spacial score (nSPS) is 20.3. The Balaban J connectivity index is 1.48. The maximum Gasteiger partial charge on any atom is 0.340 e. The smallest absolute Gasteiger partial charge is 0.340 e. The molecule has 22 heavy (non-hydrogen) atoms. The van der Waals surface area contributed by atoms with Crippen molar-refractivity contribution < 1.29 is 9.53 Å². The van der Waals surface area contributed by atoms with E-state index in [4.69, 9.17) is 4.74 Å². The molecular formula is C16H22N4O2. The molecule has 2 fully saturated rings. The van der Waals surface area contributed by atoms with Crippen molar-refractivity contribution in [2.75, 3.05) is 52.5 Å². The van der Waals surface area contributed by atoms with Crippen LogP contribution in [0.25, 0.3) is 0 Å². The Hall–Kier alpha value is -1.92. The summed E-state index contributed by atoms with van der Waals surface area (Å²) in [5.74, 6) is 0. The molecule has 0 spiro atoms. The molecule has 0 aliphatic carbocycles. The largest absolute Gasteiger partial charge is 0.379 e. The minimum absolute atomic E-state index is 0.000408. The first kappa shape index (κ1) is 15.0. The predicted molar refractivity (Wildman–Crippen MR) is 85.0 cm³/mol. The van der Waals surface area contributed by atoms with E-state index in [0.717, 1.165) is 51.5 Å². The maximum atomic E-state index is 12.3. The average Bonchev–Trinajstić information content (AvgIpc) is 2.93. The Morgan fingerprint density at radius 3 is 2.59 bits per heavy atom. The molecule has 0 N–H and O–H groups in total. The van der Waals surface area contributed by atoms with Gasteiger partial charge in [0.1, 0.15) is 0 Å². The van der Waals surface area contributed by atoms with Crippen molar-refractivity contribution in [3.05, 3.63) is 35.9 Å². The zero-order chi connectivity index (χ0) is 15.2. The van der Waals surface area contributed by atoms with Crippen molar-refractivity contribution in [3.8, 4) is 0 Å². The number of rotatable bonds is 5. The lowest BCUT2D eigenvalue weighted by molar-refractivity contribution is 0.0355. The van der Waals surface area contributed by atoms with Crippen molar-refractivity contribution >= 4 is 12.2 Å². The molecule has 1 aromatic carbocycles. The fourth-order valence-electron chi connectivity index (χ4n) is 2.65. The number of benzene rings is 1. The van der Waals surface area contributed by atoms with Crippen molar-refractivity contribution in [2.24, 2.45) is 5.10 Å². The third kappa shape index (κ3) is 3.84. The summed E-state index contributed by atoms with van der Waals surface area (Å²) in [6.45, 7) is 6.57. The van der Waals surface area contributed by atoms with E-state index in [1.807, 2.05) is 35.2 Å². The Morgan fingerprint density at radius 2 is 1.82 bits per heavy atom. The lowest BCUT2D eigenvalue weighted by Crippen LogP contribution is -2.42. The maximum absolute atomic E-state index is 12.3. The van der Waals surface area contributed by atoms with E-state index in [-0.39, 0.29) is 6.03 Å². The molecule has 2 aliphatic rings. The van der Waals surface area contributed by atoms with Crippen molar-refractivity contribution in [1.82, 2.24) is 14.8 Å². The number of nitrogens with zero attached hydrogens (tertiary/aromatic N) is 4. The average molecular weight is 302 g/mol. The van der Waals surface area contributed by atoms with Crippen LogP contribution in [0.3, 0.4) is 0 Å². The highest BCUT2D eigenvalue weighted by atomic mass is 16.5. The van der Waals surface area contributed by atoms with Gasteiger partial charge in [0.2, 0.25) is 0 Å². The van der Waals surface area contributed by atoms with Crippen LogP contribution in [0.15, 0.2) is 35.4 Å². The lowest BCUT2D eigenvalue weighted by atomic mass is 10.2. The fraction of sp³-hybridized carbons (Fsp3) is 0.500. The van der Waals surface area contributed by atoms with Gasteiger partial charge in [-0.3, -0.25) is 4.90 Å². The summed E-state index contributed by atoms with van der Waals surface area (Å²) in [7, 11) is 0. The van der Waals surface area contributed by atoms with Gasteiger partial charge in [0.15, 0.2) is 0 Å². The van der Waals surface area contributed by atoms with Gasteiger partial charge in [0.25, 0.3) is 0 Å². The van der Waals surface area contributed by atoms with Gasteiger partial charge in [-0.15, -0.1) is 0 Å². The van der Waals surface area contributed by atoms with E-state index < -0.39 is 0 Å². The van der Waals surface area contributed by atoms with E-state index >= 15 is 0 Å². The number of ether oxygens (including phenoxy) is 1. The van der Waals surface area contributed by atoms with E-state index in [1.54, 1.807) is 11.2 Å². The third-order valence-electron chi connectivity index (χ3n) is 4.01. The summed E-state index contributed by atoms with van der Waals surface area (Å²) in [6, 6.07) is 9.83. The number of hydrogen-bond acceptors (Lipinski definition) is 4. The fourth-order valence-corrected chi connectivity index (χ4v) is 2.65. The monoisotopic (exact) mass is 302 g/mol. The molecule has 0 bridgehead atoms. The lowest BCUT2D eigenvalue weighted by Gasteiger charge is -2.28. The van der Waals surface area contributed by atoms with Gasteiger partial charge in [-0.05, 0) is 5.56 Å². The van der Waals surface area contributed by atoms with Crippen molar-refractivity contribution in [2.45, 2.75) is 0 Å². The summed E-state index contributed by atoms with van der Waals surface area (Å²) in [5, 5.41) is 5.85. The second-order valence-electron chi connectivity index (χ2n) is 5.50. The molecular weight excluding hydrogens is 280 g/mol. The van der Waals surface area contributed by atoms with Gasteiger partial charge in [0.05, 0.1) is 26.0 Å². The second kappa shape index (κ2) is 7.38. The molecule has 2 saturated heterocycles. The molecule has 2 heterocycles. The molecule has 0 unspecified atom stereocenters. The Bertz CT molecular complexity index is 514. The number of carbonyl (C=O) groups excluding carboxylic acids is 1.